The van der Waals surface area contributed by atoms with Crippen LogP contribution in [0.2, 0.25) is 0 Å². The number of hydrogen-bond acceptors (Lipinski definition) is 4. The summed E-state index contributed by atoms with van der Waals surface area (Å²) in [6.45, 7) is 3.39. The van der Waals surface area contributed by atoms with Gasteiger partial charge in [-0.1, -0.05) is 6.92 Å². The third kappa shape index (κ3) is 5.75. The van der Waals surface area contributed by atoms with Gasteiger partial charge < -0.3 is 10.6 Å². The van der Waals surface area contributed by atoms with Crippen molar-refractivity contribution in [3.05, 3.63) is 0 Å². The van der Waals surface area contributed by atoms with Gasteiger partial charge in [0.1, 0.15) is 0 Å². The molecule has 0 aromatic heterocycles. The van der Waals surface area contributed by atoms with Gasteiger partial charge in [-0.15, -0.1) is 12.4 Å². The summed E-state index contributed by atoms with van der Waals surface area (Å²) in [5.74, 6) is 0.608. The van der Waals surface area contributed by atoms with E-state index in [0.717, 1.165) is 12.8 Å². The zero-order chi connectivity index (χ0) is 14.8. The SMILES string of the molecule is CCS(=O)(=O)CC(C)NC(=O)CC1CC2CCC(C1)N2.Cl. The second-order valence-corrected chi connectivity index (χ2v) is 8.74. The molecule has 2 aliphatic heterocycles. The number of rotatable bonds is 6. The van der Waals surface area contributed by atoms with E-state index in [1.165, 1.54) is 12.8 Å². The molecule has 0 aliphatic carbocycles. The van der Waals surface area contributed by atoms with Crippen LogP contribution in [0.1, 0.15) is 46.0 Å². The topological polar surface area (TPSA) is 75.3 Å². The van der Waals surface area contributed by atoms with E-state index < -0.39 is 9.84 Å². The van der Waals surface area contributed by atoms with Crippen molar-refractivity contribution in [3.63, 3.8) is 0 Å². The molecule has 124 valence electrons. The van der Waals surface area contributed by atoms with Crippen LogP contribution < -0.4 is 10.6 Å². The van der Waals surface area contributed by atoms with Crippen LogP contribution in [0.25, 0.3) is 0 Å². The second kappa shape index (κ2) is 7.79. The van der Waals surface area contributed by atoms with Crippen molar-refractivity contribution in [3.8, 4) is 0 Å². The van der Waals surface area contributed by atoms with E-state index in [1.807, 2.05) is 0 Å². The van der Waals surface area contributed by atoms with Crippen LogP contribution in [-0.2, 0) is 14.6 Å². The minimum Gasteiger partial charge on any atom is -0.353 e. The number of carbonyl (C=O) groups is 1. The van der Waals surface area contributed by atoms with Gasteiger partial charge in [-0.3, -0.25) is 4.79 Å². The molecule has 2 N–H and O–H groups in total. The summed E-state index contributed by atoms with van der Waals surface area (Å²) in [6, 6.07) is 0.875. The molecule has 2 aliphatic rings. The molecule has 2 heterocycles. The van der Waals surface area contributed by atoms with Gasteiger partial charge in [0.05, 0.1) is 5.75 Å². The average molecular weight is 339 g/mol. The Morgan fingerprint density at radius 3 is 2.38 bits per heavy atom. The monoisotopic (exact) mass is 338 g/mol. The normalized spacial score (nSPS) is 29.5. The highest BCUT2D eigenvalue weighted by Crippen LogP contribution is 2.32. The molecule has 2 fully saturated rings. The lowest BCUT2D eigenvalue weighted by atomic mass is 9.89. The molecule has 5 nitrogen and oxygen atoms in total. The molecule has 2 saturated heterocycles. The summed E-state index contributed by atoms with van der Waals surface area (Å²) in [5, 5.41) is 6.39. The highest BCUT2D eigenvalue weighted by molar-refractivity contribution is 7.91. The summed E-state index contributed by atoms with van der Waals surface area (Å²) < 4.78 is 23.0. The number of carbonyl (C=O) groups excluding carboxylic acids is 1. The van der Waals surface area contributed by atoms with Gasteiger partial charge in [0.2, 0.25) is 5.91 Å². The van der Waals surface area contributed by atoms with Crippen LogP contribution in [0.15, 0.2) is 0 Å². The second-order valence-electron chi connectivity index (χ2n) is 6.35. The first-order chi connectivity index (χ1) is 9.38. The van der Waals surface area contributed by atoms with Crippen molar-refractivity contribution in [2.24, 2.45) is 5.92 Å². The fourth-order valence-corrected chi connectivity index (χ4v) is 4.56. The maximum Gasteiger partial charge on any atom is 0.220 e. The van der Waals surface area contributed by atoms with Crippen LogP contribution in [-0.4, -0.2) is 44.0 Å². The standard InChI is InChI=1S/C14H26N2O3S.ClH/c1-3-20(18,19)9-10(2)15-14(17)8-11-6-12-4-5-13(7-11)16-12;/h10-13,16H,3-9H2,1-2H3,(H,15,17);1H. The molecule has 0 radical (unpaired) electrons. The quantitative estimate of drug-likeness (QED) is 0.764. The number of halogens is 1. The Labute approximate surface area is 134 Å². The van der Waals surface area contributed by atoms with E-state index in [1.54, 1.807) is 13.8 Å². The Morgan fingerprint density at radius 2 is 1.86 bits per heavy atom. The van der Waals surface area contributed by atoms with Crippen molar-refractivity contribution in [2.75, 3.05) is 11.5 Å². The van der Waals surface area contributed by atoms with Crippen molar-refractivity contribution in [1.29, 1.82) is 0 Å². The minimum absolute atomic E-state index is 0. The van der Waals surface area contributed by atoms with Crippen molar-refractivity contribution in [1.82, 2.24) is 10.6 Å². The van der Waals surface area contributed by atoms with Crippen molar-refractivity contribution >= 4 is 28.2 Å². The Hall–Kier alpha value is -0.330. The van der Waals surface area contributed by atoms with Crippen LogP contribution in [0.5, 0.6) is 0 Å². The molecule has 3 atom stereocenters. The maximum absolute atomic E-state index is 12.0. The van der Waals surface area contributed by atoms with Crippen LogP contribution in [0.4, 0.5) is 0 Å². The summed E-state index contributed by atoms with van der Waals surface area (Å²) in [5.41, 5.74) is 0. The Morgan fingerprint density at radius 1 is 1.29 bits per heavy atom. The molecular formula is C14H27ClN2O3S. The summed E-state index contributed by atoms with van der Waals surface area (Å²) >= 11 is 0. The first-order valence-electron chi connectivity index (χ1n) is 7.63. The predicted molar refractivity (Wildman–Crippen MR) is 86.5 cm³/mol. The molecule has 1 amide bonds. The van der Waals surface area contributed by atoms with Gasteiger partial charge in [0.25, 0.3) is 0 Å². The molecule has 0 aromatic carbocycles. The number of amides is 1. The number of piperidine rings is 1. The maximum atomic E-state index is 12.0. The molecule has 3 unspecified atom stereocenters. The summed E-state index contributed by atoms with van der Waals surface area (Å²) in [6.07, 6.45) is 5.14. The third-order valence-electron chi connectivity index (χ3n) is 4.40. The van der Waals surface area contributed by atoms with Crippen molar-refractivity contribution < 1.29 is 13.2 Å². The molecular weight excluding hydrogens is 312 g/mol. The summed E-state index contributed by atoms with van der Waals surface area (Å²) in [4.78, 5) is 12.0. The lowest BCUT2D eigenvalue weighted by molar-refractivity contribution is -0.122. The fraction of sp³-hybridized carbons (Fsp3) is 0.929. The van der Waals surface area contributed by atoms with E-state index >= 15 is 0 Å². The molecule has 2 rings (SSSR count). The Kier molecular flexibility index (Phi) is 6.94. The molecule has 2 bridgehead atoms. The number of fused-ring (bicyclic) bond motifs is 2. The predicted octanol–water partition coefficient (Wildman–Crippen LogP) is 1.27. The molecule has 7 heteroatoms. The lowest BCUT2D eigenvalue weighted by Gasteiger charge is -2.29. The van der Waals surface area contributed by atoms with Gasteiger partial charge in [-0.25, -0.2) is 8.42 Å². The minimum atomic E-state index is -3.03. The van der Waals surface area contributed by atoms with Gasteiger partial charge >= 0.3 is 0 Å². The zero-order valence-corrected chi connectivity index (χ0v) is 14.4. The van der Waals surface area contributed by atoms with E-state index in [2.05, 4.69) is 10.6 Å². The summed E-state index contributed by atoms with van der Waals surface area (Å²) in [7, 11) is -3.03. The first kappa shape index (κ1) is 18.7. The first-order valence-corrected chi connectivity index (χ1v) is 9.46. The molecule has 0 saturated carbocycles. The van der Waals surface area contributed by atoms with Crippen LogP contribution in [0, 0.1) is 5.92 Å². The van der Waals surface area contributed by atoms with E-state index in [9.17, 15) is 13.2 Å². The zero-order valence-electron chi connectivity index (χ0n) is 12.8. The van der Waals surface area contributed by atoms with E-state index in [0.29, 0.717) is 24.4 Å². The number of nitrogens with one attached hydrogen (secondary N) is 2. The average Bonchev–Trinajstić information content (AvgIpc) is 2.67. The smallest absolute Gasteiger partial charge is 0.220 e. The third-order valence-corrected chi connectivity index (χ3v) is 6.28. The lowest BCUT2D eigenvalue weighted by Crippen LogP contribution is -2.42. The molecule has 21 heavy (non-hydrogen) atoms. The molecule has 0 spiro atoms. The van der Waals surface area contributed by atoms with Gasteiger partial charge in [0.15, 0.2) is 9.84 Å². The van der Waals surface area contributed by atoms with Crippen LogP contribution in [0.3, 0.4) is 0 Å². The van der Waals surface area contributed by atoms with E-state index in [-0.39, 0.29) is 35.9 Å². The highest BCUT2D eigenvalue weighted by atomic mass is 35.5. The largest absolute Gasteiger partial charge is 0.353 e. The van der Waals surface area contributed by atoms with Gasteiger partial charge in [-0.05, 0) is 38.5 Å². The molecule has 0 aromatic rings. The Bertz CT molecular complexity index is 443. The highest BCUT2D eigenvalue weighted by Gasteiger charge is 2.34. The number of sulfone groups is 1. The Balaban J connectivity index is 0.00000220. The van der Waals surface area contributed by atoms with Crippen LogP contribution >= 0.6 is 12.4 Å². The van der Waals surface area contributed by atoms with Crippen molar-refractivity contribution in [2.45, 2.75) is 64.1 Å². The van der Waals surface area contributed by atoms with E-state index in [4.69, 9.17) is 0 Å². The fourth-order valence-electron chi connectivity index (χ4n) is 3.48. The van der Waals surface area contributed by atoms with Gasteiger partial charge in [0, 0.05) is 30.3 Å². The number of hydrogen-bond donors (Lipinski definition) is 2. The van der Waals surface area contributed by atoms with Gasteiger partial charge in [-0.2, -0.15) is 0 Å².